The molecule has 204 valence electrons. The molecule has 0 spiro atoms. The maximum Gasteiger partial charge on any atom is 0.407 e. The quantitative estimate of drug-likeness (QED) is 0.454. The Morgan fingerprint density at radius 3 is 2.61 bits per heavy atom. The molecule has 1 saturated heterocycles. The summed E-state index contributed by atoms with van der Waals surface area (Å²) in [5, 5.41) is 10.9. The number of carbonyl (C=O) groups excluding carboxylic acids is 2. The number of ether oxygens (including phenoxy) is 2. The van der Waals surface area contributed by atoms with Crippen LogP contribution in [0, 0.1) is 11.6 Å². The molecule has 2 amide bonds. The molecule has 1 fully saturated rings. The van der Waals surface area contributed by atoms with Crippen LogP contribution in [-0.2, 0) is 16.5 Å². The number of rotatable bonds is 5. The summed E-state index contributed by atoms with van der Waals surface area (Å²) in [6.45, 7) is 4.87. The van der Waals surface area contributed by atoms with Gasteiger partial charge in [0.05, 0.1) is 35.8 Å². The summed E-state index contributed by atoms with van der Waals surface area (Å²) in [6.07, 6.45) is -0.792. The second-order valence-electron chi connectivity index (χ2n) is 9.82. The van der Waals surface area contributed by atoms with Crippen LogP contribution < -0.4 is 10.6 Å². The van der Waals surface area contributed by atoms with Crippen LogP contribution in [0.15, 0.2) is 29.8 Å². The molecule has 1 unspecified atom stereocenters. The minimum atomic E-state index is -1.47. The number of amides is 2. The van der Waals surface area contributed by atoms with Crippen LogP contribution in [0.25, 0.3) is 10.6 Å². The molecule has 3 heterocycles. The first-order valence-corrected chi connectivity index (χ1v) is 12.8. The van der Waals surface area contributed by atoms with Gasteiger partial charge in [-0.05, 0) is 45.7 Å². The number of hydrogen-bond acceptors (Lipinski definition) is 7. The lowest BCUT2D eigenvalue weighted by Crippen LogP contribution is -2.44. The molecule has 9 nitrogen and oxygen atoms in total. The Morgan fingerprint density at radius 2 is 1.92 bits per heavy atom. The summed E-state index contributed by atoms with van der Waals surface area (Å²) in [5.74, 6) is -2.17. The second kappa shape index (κ2) is 11.1. The van der Waals surface area contributed by atoms with E-state index in [0.29, 0.717) is 17.8 Å². The Hall–Kier alpha value is -3.45. The zero-order valence-electron chi connectivity index (χ0n) is 21.3. The fourth-order valence-corrected chi connectivity index (χ4v) is 4.91. The van der Waals surface area contributed by atoms with Crippen molar-refractivity contribution in [1.82, 2.24) is 20.1 Å². The highest BCUT2D eigenvalue weighted by Gasteiger charge is 2.33. The van der Waals surface area contributed by atoms with E-state index in [0.717, 1.165) is 23.5 Å². The highest BCUT2D eigenvalue weighted by atomic mass is 32.1. The number of anilines is 1. The number of nitrogens with one attached hydrogen (secondary N) is 2. The summed E-state index contributed by atoms with van der Waals surface area (Å²) in [6, 6.07) is 2.66. The lowest BCUT2D eigenvalue weighted by Gasteiger charge is -2.24. The molecule has 13 heteroatoms. The molecule has 3 atom stereocenters. The van der Waals surface area contributed by atoms with E-state index in [9.17, 15) is 22.8 Å². The summed E-state index contributed by atoms with van der Waals surface area (Å²) < 4.78 is 55.6. The number of carbonyl (C=O) groups is 2. The number of aromatic nitrogens is 3. The number of aryl methyl sites for hydroxylation is 1. The molecule has 38 heavy (non-hydrogen) atoms. The molecule has 2 aromatic heterocycles. The molecule has 2 N–H and O–H groups in total. The lowest BCUT2D eigenvalue weighted by molar-refractivity contribution is 0.0202. The fraction of sp³-hybridized carbons (Fsp3) is 0.440. The van der Waals surface area contributed by atoms with Gasteiger partial charge in [-0.25, -0.2) is 22.9 Å². The molecule has 1 aliphatic heterocycles. The van der Waals surface area contributed by atoms with Gasteiger partial charge >= 0.3 is 6.09 Å². The zero-order chi connectivity index (χ0) is 27.6. The smallest absolute Gasteiger partial charge is 0.407 e. The van der Waals surface area contributed by atoms with E-state index in [4.69, 9.17) is 9.47 Å². The summed E-state index contributed by atoms with van der Waals surface area (Å²) in [7, 11) is 1.66. The average Bonchev–Trinajstić information content (AvgIpc) is 3.40. The van der Waals surface area contributed by atoms with Crippen molar-refractivity contribution in [1.29, 1.82) is 0 Å². The Labute approximate surface area is 221 Å². The van der Waals surface area contributed by atoms with Gasteiger partial charge in [0.1, 0.15) is 40.2 Å². The van der Waals surface area contributed by atoms with Crippen LogP contribution in [0.2, 0.25) is 0 Å². The maximum absolute atomic E-state index is 14.8. The largest absolute Gasteiger partial charge is 0.444 e. The number of halogens is 3. The van der Waals surface area contributed by atoms with Crippen molar-refractivity contribution >= 4 is 29.0 Å². The Kier molecular flexibility index (Phi) is 8.07. The SMILES string of the molecule is Cn1ncc(NC(=O)c2csc(-c3c(F)cccc3F)n2)c1C1CC[C@@H](NC(=O)OC(C)(C)C)[C@H](F)CO1. The highest BCUT2D eigenvalue weighted by Crippen LogP contribution is 2.34. The van der Waals surface area contributed by atoms with Crippen molar-refractivity contribution in [3.05, 3.63) is 52.8 Å². The number of nitrogens with zero attached hydrogens (tertiary/aromatic N) is 3. The van der Waals surface area contributed by atoms with Crippen LogP contribution >= 0.6 is 11.3 Å². The average molecular weight is 552 g/mol. The third-order valence-electron chi connectivity index (χ3n) is 5.79. The van der Waals surface area contributed by atoms with Gasteiger partial charge in [-0.1, -0.05) is 6.07 Å². The molecule has 3 aromatic rings. The third kappa shape index (κ3) is 6.33. The molecule has 0 radical (unpaired) electrons. The number of thiazole rings is 1. The van der Waals surface area contributed by atoms with Crippen LogP contribution in [-0.4, -0.2) is 51.2 Å². The first kappa shape index (κ1) is 27.6. The van der Waals surface area contributed by atoms with Crippen molar-refractivity contribution in [3.8, 4) is 10.6 Å². The van der Waals surface area contributed by atoms with Gasteiger partial charge in [0, 0.05) is 12.4 Å². The normalized spacial score (nSPS) is 20.0. The summed E-state index contributed by atoms with van der Waals surface area (Å²) >= 11 is 0.935. The van der Waals surface area contributed by atoms with E-state index in [2.05, 4.69) is 20.7 Å². The fourth-order valence-electron chi connectivity index (χ4n) is 4.06. The number of alkyl halides is 1. The van der Waals surface area contributed by atoms with Gasteiger partial charge in [0.25, 0.3) is 5.91 Å². The maximum atomic E-state index is 14.8. The number of benzene rings is 1. The second-order valence-corrected chi connectivity index (χ2v) is 10.7. The highest BCUT2D eigenvalue weighted by molar-refractivity contribution is 7.13. The van der Waals surface area contributed by atoms with Crippen LogP contribution in [0.4, 0.5) is 23.7 Å². The topological polar surface area (TPSA) is 107 Å². The third-order valence-corrected chi connectivity index (χ3v) is 6.65. The Balaban J connectivity index is 1.46. The van der Waals surface area contributed by atoms with E-state index in [1.807, 2.05) is 0 Å². The molecular weight excluding hydrogens is 523 g/mol. The van der Waals surface area contributed by atoms with Crippen LogP contribution in [0.3, 0.4) is 0 Å². The predicted octanol–water partition coefficient (Wildman–Crippen LogP) is 5.16. The number of alkyl carbamates (subject to hydrolysis) is 1. The van der Waals surface area contributed by atoms with Crippen molar-refractivity contribution in [2.45, 2.75) is 57.5 Å². The van der Waals surface area contributed by atoms with Gasteiger partial charge in [0.2, 0.25) is 0 Å². The molecule has 4 rings (SSSR count). The van der Waals surface area contributed by atoms with E-state index in [1.54, 1.807) is 27.8 Å². The summed E-state index contributed by atoms with van der Waals surface area (Å²) in [4.78, 5) is 29.2. The van der Waals surface area contributed by atoms with Gasteiger partial charge < -0.3 is 20.1 Å². The van der Waals surface area contributed by atoms with E-state index in [-0.39, 0.29) is 29.3 Å². The minimum absolute atomic E-state index is 0.0294. The standard InChI is InChI=1S/C25H28F3N5O4S/c1-25(2,3)37-24(35)32-16-8-9-19(36-11-15(16)28)21-17(10-29-33(21)4)30-22(34)18-12-38-23(31-18)20-13(26)6-5-7-14(20)27/h5-7,10,12,15-16,19H,8-9,11H2,1-4H3,(H,30,34)(H,32,35)/t15-,16-,19?/m1/s1. The van der Waals surface area contributed by atoms with Gasteiger partial charge in [-0.2, -0.15) is 5.10 Å². The summed E-state index contributed by atoms with van der Waals surface area (Å²) in [5.41, 5.74) is -0.235. The van der Waals surface area contributed by atoms with Gasteiger partial charge in [-0.3, -0.25) is 9.48 Å². The molecule has 1 aromatic carbocycles. The van der Waals surface area contributed by atoms with Crippen molar-refractivity contribution in [2.75, 3.05) is 11.9 Å². The minimum Gasteiger partial charge on any atom is -0.444 e. The lowest BCUT2D eigenvalue weighted by atomic mass is 10.0. The molecule has 0 aliphatic carbocycles. The van der Waals surface area contributed by atoms with E-state index in [1.165, 1.54) is 22.3 Å². The first-order chi connectivity index (χ1) is 17.9. The zero-order valence-corrected chi connectivity index (χ0v) is 22.1. The predicted molar refractivity (Wildman–Crippen MR) is 135 cm³/mol. The number of hydrogen-bond donors (Lipinski definition) is 2. The first-order valence-electron chi connectivity index (χ1n) is 11.9. The van der Waals surface area contributed by atoms with Crippen molar-refractivity contribution in [2.24, 2.45) is 7.05 Å². The van der Waals surface area contributed by atoms with Crippen molar-refractivity contribution in [3.63, 3.8) is 0 Å². The monoisotopic (exact) mass is 551 g/mol. The van der Waals surface area contributed by atoms with Crippen molar-refractivity contribution < 1.29 is 32.2 Å². The van der Waals surface area contributed by atoms with E-state index >= 15 is 0 Å². The van der Waals surface area contributed by atoms with Crippen LogP contribution in [0.1, 0.15) is 55.9 Å². The van der Waals surface area contributed by atoms with Crippen LogP contribution in [0.5, 0.6) is 0 Å². The Bertz CT molecular complexity index is 1300. The molecule has 0 saturated carbocycles. The molecule has 1 aliphatic rings. The Morgan fingerprint density at radius 1 is 1.21 bits per heavy atom. The van der Waals surface area contributed by atoms with Gasteiger partial charge in [-0.15, -0.1) is 11.3 Å². The molecule has 0 bridgehead atoms. The van der Waals surface area contributed by atoms with Gasteiger partial charge in [0.15, 0.2) is 0 Å². The molecular formula is C25H28F3N5O4S. The van der Waals surface area contributed by atoms with E-state index < -0.39 is 47.6 Å².